The van der Waals surface area contributed by atoms with Crippen LogP contribution in [0.5, 0.6) is 0 Å². The van der Waals surface area contributed by atoms with E-state index in [4.69, 9.17) is 0 Å². The van der Waals surface area contributed by atoms with Crippen LogP contribution in [0, 0.1) is 10.1 Å². The lowest BCUT2D eigenvalue weighted by molar-refractivity contribution is -0.384. The molecule has 0 bridgehead atoms. The van der Waals surface area contributed by atoms with Crippen molar-refractivity contribution < 1.29 is 19.3 Å². The van der Waals surface area contributed by atoms with Gasteiger partial charge in [-0.15, -0.1) is 0 Å². The van der Waals surface area contributed by atoms with E-state index in [0.29, 0.717) is 57.0 Å². The fourth-order valence-electron chi connectivity index (χ4n) is 5.00. The van der Waals surface area contributed by atoms with Crippen LogP contribution < -0.4 is 10.2 Å². The highest BCUT2D eigenvalue weighted by Gasteiger charge is 2.30. The summed E-state index contributed by atoms with van der Waals surface area (Å²) >= 11 is 1.16. The minimum absolute atomic E-state index is 0.0238. The molecule has 0 aromatic heterocycles. The summed E-state index contributed by atoms with van der Waals surface area (Å²) in [6, 6.07) is 24.7. The number of para-hydroxylation sites is 1. The molecule has 1 atom stereocenters. The Morgan fingerprint density at radius 2 is 1.51 bits per heavy atom. The number of non-ortho nitro benzene ring substituents is 1. The Morgan fingerprint density at radius 1 is 0.884 bits per heavy atom. The summed E-state index contributed by atoms with van der Waals surface area (Å²) in [5.41, 5.74) is 2.84. The molecular formula is C32H37N5O5S. The van der Waals surface area contributed by atoms with Crippen LogP contribution in [0.25, 0.3) is 0 Å². The van der Waals surface area contributed by atoms with Crippen LogP contribution in [0.2, 0.25) is 0 Å². The third kappa shape index (κ3) is 9.57. The van der Waals surface area contributed by atoms with Crippen LogP contribution in [-0.2, 0) is 22.4 Å². The lowest BCUT2D eigenvalue weighted by Gasteiger charge is -2.38. The van der Waals surface area contributed by atoms with E-state index in [1.54, 1.807) is 21.9 Å². The molecular weight excluding hydrogens is 566 g/mol. The van der Waals surface area contributed by atoms with Crippen LogP contribution in [0.1, 0.15) is 18.1 Å². The summed E-state index contributed by atoms with van der Waals surface area (Å²) in [6.07, 6.45) is 0.817. The first-order chi connectivity index (χ1) is 20.8. The van der Waals surface area contributed by atoms with Crippen LogP contribution in [0.4, 0.5) is 16.2 Å². The van der Waals surface area contributed by atoms with Gasteiger partial charge in [-0.2, -0.15) is 0 Å². The fraction of sp³-hybridized carbons (Fsp3) is 0.344. The molecule has 0 radical (unpaired) electrons. The Hall–Kier alpha value is -4.38. The molecule has 4 rings (SSSR count). The smallest absolute Gasteiger partial charge is 0.318 e. The number of urea groups is 1. The van der Waals surface area contributed by atoms with Crippen molar-refractivity contribution in [3.63, 3.8) is 0 Å². The SMILES string of the molecule is CC(=O)SCCN(CCc1ccccc1)C(=O)NC(Cc1ccc([N+](=O)[O-])cc1)C(=O)N1CCN(c2ccccc2)CC1. The molecule has 1 saturated heterocycles. The number of anilines is 1. The van der Waals surface area contributed by atoms with Crippen molar-refractivity contribution in [2.24, 2.45) is 0 Å². The van der Waals surface area contributed by atoms with Gasteiger partial charge in [0.1, 0.15) is 6.04 Å². The van der Waals surface area contributed by atoms with E-state index in [9.17, 15) is 24.5 Å². The van der Waals surface area contributed by atoms with Crippen molar-refractivity contribution in [3.05, 3.63) is 106 Å². The number of amides is 3. The van der Waals surface area contributed by atoms with E-state index in [2.05, 4.69) is 10.2 Å². The molecule has 3 amide bonds. The Kier molecular flexibility index (Phi) is 11.5. The summed E-state index contributed by atoms with van der Waals surface area (Å²) in [5, 5.41) is 14.1. The molecule has 1 aliphatic rings. The number of carbonyl (C=O) groups excluding carboxylic acids is 3. The van der Waals surface area contributed by atoms with E-state index in [0.717, 1.165) is 23.0 Å². The molecule has 11 heteroatoms. The summed E-state index contributed by atoms with van der Waals surface area (Å²) in [5.74, 6) is 0.250. The number of nitro benzene ring substituents is 1. The first kappa shape index (κ1) is 31.6. The molecule has 1 unspecified atom stereocenters. The van der Waals surface area contributed by atoms with Gasteiger partial charge in [0.25, 0.3) is 5.69 Å². The van der Waals surface area contributed by atoms with Gasteiger partial charge in [0, 0.05) is 76.2 Å². The summed E-state index contributed by atoms with van der Waals surface area (Å²) in [6.45, 7) is 4.61. The summed E-state index contributed by atoms with van der Waals surface area (Å²) < 4.78 is 0. The molecule has 1 aliphatic heterocycles. The average Bonchev–Trinajstić information content (AvgIpc) is 3.03. The van der Waals surface area contributed by atoms with Gasteiger partial charge in [-0.05, 0) is 29.7 Å². The largest absolute Gasteiger partial charge is 0.368 e. The van der Waals surface area contributed by atoms with Gasteiger partial charge < -0.3 is 20.0 Å². The number of thioether (sulfide) groups is 1. The van der Waals surface area contributed by atoms with Gasteiger partial charge in [-0.25, -0.2) is 4.79 Å². The second kappa shape index (κ2) is 15.7. The van der Waals surface area contributed by atoms with E-state index in [-0.39, 0.29) is 29.2 Å². The topological polar surface area (TPSA) is 116 Å². The van der Waals surface area contributed by atoms with Gasteiger partial charge in [0.05, 0.1) is 4.92 Å². The number of hydrogen-bond donors (Lipinski definition) is 1. The monoisotopic (exact) mass is 603 g/mol. The minimum atomic E-state index is -0.864. The number of carbonyl (C=O) groups is 3. The zero-order valence-corrected chi connectivity index (χ0v) is 25.1. The van der Waals surface area contributed by atoms with Crippen LogP contribution in [-0.4, -0.2) is 82.8 Å². The van der Waals surface area contributed by atoms with E-state index >= 15 is 0 Å². The highest BCUT2D eigenvalue weighted by Crippen LogP contribution is 2.18. The molecule has 3 aromatic carbocycles. The predicted octanol–water partition coefficient (Wildman–Crippen LogP) is 4.39. The summed E-state index contributed by atoms with van der Waals surface area (Å²) in [4.78, 5) is 55.4. The van der Waals surface area contributed by atoms with Gasteiger partial charge in [-0.3, -0.25) is 19.7 Å². The number of nitro groups is 1. The third-order valence-corrected chi connectivity index (χ3v) is 8.16. The first-order valence-corrected chi connectivity index (χ1v) is 15.3. The van der Waals surface area contributed by atoms with Crippen molar-refractivity contribution in [3.8, 4) is 0 Å². The van der Waals surface area contributed by atoms with Gasteiger partial charge in [-0.1, -0.05) is 72.4 Å². The molecule has 1 heterocycles. The maximum Gasteiger partial charge on any atom is 0.318 e. The third-order valence-electron chi connectivity index (χ3n) is 7.36. The maximum atomic E-state index is 13.9. The second-order valence-electron chi connectivity index (χ2n) is 10.3. The highest BCUT2D eigenvalue weighted by molar-refractivity contribution is 8.13. The molecule has 0 spiro atoms. The molecule has 1 fully saturated rings. The van der Waals surface area contributed by atoms with Gasteiger partial charge >= 0.3 is 6.03 Å². The highest BCUT2D eigenvalue weighted by atomic mass is 32.2. The van der Waals surface area contributed by atoms with Gasteiger partial charge in [0.2, 0.25) is 5.91 Å². The maximum absolute atomic E-state index is 13.9. The zero-order valence-electron chi connectivity index (χ0n) is 24.3. The number of nitrogens with one attached hydrogen (secondary N) is 1. The number of nitrogens with zero attached hydrogens (tertiary/aromatic N) is 4. The second-order valence-corrected chi connectivity index (χ2v) is 11.6. The quantitative estimate of drug-likeness (QED) is 0.241. The van der Waals surface area contributed by atoms with Crippen molar-refractivity contribution in [2.75, 3.05) is 49.9 Å². The van der Waals surface area contributed by atoms with Crippen LogP contribution >= 0.6 is 11.8 Å². The Bertz CT molecular complexity index is 1370. The molecule has 226 valence electrons. The van der Waals surface area contributed by atoms with Crippen molar-refractivity contribution >= 4 is 40.2 Å². The molecule has 0 saturated carbocycles. The minimum Gasteiger partial charge on any atom is -0.368 e. The van der Waals surface area contributed by atoms with Crippen molar-refractivity contribution in [1.82, 2.24) is 15.1 Å². The lowest BCUT2D eigenvalue weighted by atomic mass is 10.0. The Morgan fingerprint density at radius 3 is 2.12 bits per heavy atom. The van der Waals surface area contributed by atoms with Crippen LogP contribution in [0.3, 0.4) is 0 Å². The normalized spacial score (nSPS) is 13.7. The predicted molar refractivity (Wildman–Crippen MR) is 169 cm³/mol. The van der Waals surface area contributed by atoms with Gasteiger partial charge in [0.15, 0.2) is 5.12 Å². The van der Waals surface area contributed by atoms with Crippen LogP contribution in [0.15, 0.2) is 84.9 Å². The number of hydrogen-bond acceptors (Lipinski definition) is 7. The summed E-state index contributed by atoms with van der Waals surface area (Å²) in [7, 11) is 0. The van der Waals surface area contributed by atoms with E-state index in [1.165, 1.54) is 19.1 Å². The molecule has 3 aromatic rings. The fourth-order valence-corrected chi connectivity index (χ4v) is 5.60. The molecule has 10 nitrogen and oxygen atoms in total. The standard InChI is InChI=1S/C32H37N5O5S/c1-25(38)43-23-22-36(17-16-26-8-4-2-5-9-26)32(40)33-30(24-27-12-14-29(15-13-27)37(41)42)31(39)35-20-18-34(19-21-35)28-10-6-3-7-11-28/h2-15,30H,16-24H2,1H3,(H,33,40). The number of rotatable bonds is 12. The lowest BCUT2D eigenvalue weighted by Crippen LogP contribution is -2.57. The van der Waals surface area contributed by atoms with E-state index < -0.39 is 11.0 Å². The number of piperazine rings is 1. The van der Waals surface area contributed by atoms with Crippen molar-refractivity contribution in [1.29, 1.82) is 0 Å². The number of benzene rings is 3. The Labute approximate surface area is 256 Å². The zero-order chi connectivity index (χ0) is 30.6. The van der Waals surface area contributed by atoms with E-state index in [1.807, 2.05) is 60.7 Å². The molecule has 1 N–H and O–H groups in total. The molecule has 0 aliphatic carbocycles. The first-order valence-electron chi connectivity index (χ1n) is 14.3. The molecule has 43 heavy (non-hydrogen) atoms. The average molecular weight is 604 g/mol. The Balaban J connectivity index is 1.48. The van der Waals surface area contributed by atoms with Crippen molar-refractivity contribution in [2.45, 2.75) is 25.8 Å².